The molecule has 1 heterocycles. The number of hydrogen-bond donors (Lipinski definition) is 1. The van der Waals surface area contributed by atoms with Crippen molar-refractivity contribution in [3.05, 3.63) is 6.20 Å². The highest BCUT2D eigenvalue weighted by Crippen LogP contribution is 2.09. The van der Waals surface area contributed by atoms with Crippen LogP contribution in [-0.2, 0) is 4.74 Å². The van der Waals surface area contributed by atoms with Gasteiger partial charge < -0.3 is 15.0 Å². The lowest BCUT2D eigenvalue weighted by molar-refractivity contribution is 0.197. The fourth-order valence-electron chi connectivity index (χ4n) is 1.49. The Morgan fingerprint density at radius 2 is 2.12 bits per heavy atom. The first kappa shape index (κ1) is 13.6. The normalized spacial score (nSPS) is 10.3. The van der Waals surface area contributed by atoms with E-state index in [1.807, 2.05) is 0 Å². The van der Waals surface area contributed by atoms with Crippen LogP contribution in [0.3, 0.4) is 0 Å². The number of nitrogens with one attached hydrogen (secondary N) is 1. The summed E-state index contributed by atoms with van der Waals surface area (Å²) in [7, 11) is 1.69. The zero-order valence-electron chi connectivity index (χ0n) is 10.8. The van der Waals surface area contributed by atoms with Crippen molar-refractivity contribution in [1.82, 2.24) is 15.2 Å². The Kier molecular flexibility index (Phi) is 6.24. The molecular formula is C11H21N5O. The average molecular weight is 239 g/mol. The van der Waals surface area contributed by atoms with Crippen LogP contribution in [0.15, 0.2) is 6.20 Å². The van der Waals surface area contributed by atoms with Gasteiger partial charge in [-0.15, -0.1) is 5.10 Å². The molecule has 0 aliphatic carbocycles. The second kappa shape index (κ2) is 7.78. The van der Waals surface area contributed by atoms with E-state index in [4.69, 9.17) is 4.74 Å². The lowest BCUT2D eigenvalue weighted by Crippen LogP contribution is -2.24. The van der Waals surface area contributed by atoms with Gasteiger partial charge in [-0.25, -0.2) is 0 Å². The fraction of sp³-hybridized carbons (Fsp3) is 0.727. The minimum Gasteiger partial charge on any atom is -0.385 e. The summed E-state index contributed by atoms with van der Waals surface area (Å²) < 4.78 is 4.97. The third-order valence-electron chi connectivity index (χ3n) is 2.44. The second-order valence-corrected chi connectivity index (χ2v) is 3.58. The summed E-state index contributed by atoms with van der Waals surface area (Å²) in [6.45, 7) is 7.54. The molecule has 0 atom stereocenters. The third-order valence-corrected chi connectivity index (χ3v) is 2.44. The van der Waals surface area contributed by atoms with Gasteiger partial charge in [-0.2, -0.15) is 10.1 Å². The highest BCUT2D eigenvalue weighted by molar-refractivity contribution is 5.39. The smallest absolute Gasteiger partial charge is 0.244 e. The van der Waals surface area contributed by atoms with E-state index in [-0.39, 0.29) is 0 Å². The van der Waals surface area contributed by atoms with Gasteiger partial charge in [0.1, 0.15) is 0 Å². The van der Waals surface area contributed by atoms with E-state index < -0.39 is 0 Å². The SMILES string of the molecule is CCN(CC)c1cnnc(NCCCOC)n1. The predicted molar refractivity (Wildman–Crippen MR) is 68.4 cm³/mol. The Labute approximate surface area is 102 Å². The van der Waals surface area contributed by atoms with Gasteiger partial charge in [0, 0.05) is 33.4 Å². The van der Waals surface area contributed by atoms with Crippen molar-refractivity contribution in [3.8, 4) is 0 Å². The molecule has 0 aliphatic rings. The van der Waals surface area contributed by atoms with Crippen LogP contribution in [-0.4, -0.2) is 48.5 Å². The molecule has 6 nitrogen and oxygen atoms in total. The molecule has 1 aromatic heterocycles. The lowest BCUT2D eigenvalue weighted by atomic mass is 10.4. The number of rotatable bonds is 8. The summed E-state index contributed by atoms with van der Waals surface area (Å²) in [6.07, 6.45) is 2.61. The lowest BCUT2D eigenvalue weighted by Gasteiger charge is -2.19. The molecule has 0 aliphatic heterocycles. The zero-order valence-corrected chi connectivity index (χ0v) is 10.8. The van der Waals surface area contributed by atoms with Crippen LogP contribution in [0.25, 0.3) is 0 Å². The van der Waals surface area contributed by atoms with Gasteiger partial charge in [0.25, 0.3) is 0 Å². The number of methoxy groups -OCH3 is 1. The van der Waals surface area contributed by atoms with E-state index in [1.165, 1.54) is 0 Å². The van der Waals surface area contributed by atoms with Gasteiger partial charge in [-0.3, -0.25) is 0 Å². The summed E-state index contributed by atoms with van der Waals surface area (Å²) >= 11 is 0. The maximum absolute atomic E-state index is 4.97. The summed E-state index contributed by atoms with van der Waals surface area (Å²) in [5.74, 6) is 1.43. The summed E-state index contributed by atoms with van der Waals surface area (Å²) in [6, 6.07) is 0. The van der Waals surface area contributed by atoms with Crippen molar-refractivity contribution in [2.45, 2.75) is 20.3 Å². The van der Waals surface area contributed by atoms with Crippen LogP contribution in [0.4, 0.5) is 11.8 Å². The second-order valence-electron chi connectivity index (χ2n) is 3.58. The van der Waals surface area contributed by atoms with Gasteiger partial charge in [0.2, 0.25) is 5.95 Å². The molecule has 0 saturated carbocycles. The Balaban J connectivity index is 2.53. The number of aromatic nitrogens is 3. The van der Waals surface area contributed by atoms with Crippen LogP contribution in [0, 0.1) is 0 Å². The third kappa shape index (κ3) is 4.52. The minimum atomic E-state index is 0.575. The van der Waals surface area contributed by atoms with Gasteiger partial charge in [0.05, 0.1) is 6.20 Å². The quantitative estimate of drug-likeness (QED) is 0.687. The molecule has 17 heavy (non-hydrogen) atoms. The Morgan fingerprint density at radius 3 is 2.76 bits per heavy atom. The van der Waals surface area contributed by atoms with E-state index in [0.29, 0.717) is 5.95 Å². The van der Waals surface area contributed by atoms with Crippen LogP contribution < -0.4 is 10.2 Å². The monoisotopic (exact) mass is 239 g/mol. The van der Waals surface area contributed by atoms with Crippen LogP contribution >= 0.6 is 0 Å². The van der Waals surface area contributed by atoms with Crippen molar-refractivity contribution in [1.29, 1.82) is 0 Å². The van der Waals surface area contributed by atoms with Crippen molar-refractivity contribution < 1.29 is 4.74 Å². The molecule has 0 spiro atoms. The van der Waals surface area contributed by atoms with Gasteiger partial charge in [-0.05, 0) is 20.3 Å². The summed E-state index contributed by atoms with van der Waals surface area (Å²) in [4.78, 5) is 6.55. The van der Waals surface area contributed by atoms with E-state index in [1.54, 1.807) is 13.3 Å². The summed E-state index contributed by atoms with van der Waals surface area (Å²) in [5, 5.41) is 11.0. The molecule has 96 valence electrons. The molecule has 1 N–H and O–H groups in total. The molecule has 0 bridgehead atoms. The molecule has 0 radical (unpaired) electrons. The van der Waals surface area contributed by atoms with E-state index in [0.717, 1.165) is 38.5 Å². The van der Waals surface area contributed by atoms with Gasteiger partial charge in [-0.1, -0.05) is 0 Å². The summed E-state index contributed by atoms with van der Waals surface area (Å²) in [5.41, 5.74) is 0. The standard InChI is InChI=1S/C11H21N5O/c1-4-16(5-2)10-9-13-15-11(14-10)12-7-6-8-17-3/h9H,4-8H2,1-3H3,(H,12,14,15). The highest BCUT2D eigenvalue weighted by Gasteiger charge is 2.05. The Morgan fingerprint density at radius 1 is 1.35 bits per heavy atom. The van der Waals surface area contributed by atoms with Gasteiger partial charge >= 0.3 is 0 Å². The van der Waals surface area contributed by atoms with Gasteiger partial charge in [0.15, 0.2) is 5.82 Å². The van der Waals surface area contributed by atoms with Crippen molar-refractivity contribution >= 4 is 11.8 Å². The Hall–Kier alpha value is -1.43. The molecule has 0 aromatic carbocycles. The molecule has 0 unspecified atom stereocenters. The number of ether oxygens (including phenoxy) is 1. The number of hydrogen-bond acceptors (Lipinski definition) is 6. The Bertz CT molecular complexity index is 316. The topological polar surface area (TPSA) is 63.2 Å². The number of nitrogens with zero attached hydrogens (tertiary/aromatic N) is 4. The average Bonchev–Trinajstić information content (AvgIpc) is 2.37. The van der Waals surface area contributed by atoms with E-state index in [9.17, 15) is 0 Å². The maximum Gasteiger partial charge on any atom is 0.244 e. The van der Waals surface area contributed by atoms with Crippen LogP contribution in [0.1, 0.15) is 20.3 Å². The largest absolute Gasteiger partial charge is 0.385 e. The maximum atomic E-state index is 4.97. The molecule has 6 heteroatoms. The molecule has 0 fully saturated rings. The van der Waals surface area contributed by atoms with E-state index >= 15 is 0 Å². The van der Waals surface area contributed by atoms with Crippen LogP contribution in [0.5, 0.6) is 0 Å². The van der Waals surface area contributed by atoms with Crippen LogP contribution in [0.2, 0.25) is 0 Å². The van der Waals surface area contributed by atoms with Crippen molar-refractivity contribution in [2.75, 3.05) is 43.6 Å². The van der Waals surface area contributed by atoms with Crippen molar-refractivity contribution in [3.63, 3.8) is 0 Å². The first-order valence-corrected chi connectivity index (χ1v) is 5.99. The van der Waals surface area contributed by atoms with E-state index in [2.05, 4.69) is 39.2 Å². The minimum absolute atomic E-state index is 0.575. The predicted octanol–water partition coefficient (Wildman–Crippen LogP) is 1.17. The first-order chi connectivity index (χ1) is 8.31. The molecular weight excluding hydrogens is 218 g/mol. The fourth-order valence-corrected chi connectivity index (χ4v) is 1.49. The molecule has 0 saturated heterocycles. The zero-order chi connectivity index (χ0) is 12.5. The molecule has 0 amide bonds. The highest BCUT2D eigenvalue weighted by atomic mass is 16.5. The van der Waals surface area contributed by atoms with Crippen molar-refractivity contribution in [2.24, 2.45) is 0 Å². The first-order valence-electron chi connectivity index (χ1n) is 5.99. The molecule has 1 rings (SSSR count). The molecule has 1 aromatic rings. The number of anilines is 2.